The molecule has 2 atom stereocenters. The molecule has 0 aliphatic heterocycles. The van der Waals surface area contributed by atoms with E-state index in [0.29, 0.717) is 6.42 Å². The van der Waals surface area contributed by atoms with Gasteiger partial charge in [-0.25, -0.2) is 4.57 Å². The minimum Gasteiger partial charge on any atom is -0.462 e. The van der Waals surface area contributed by atoms with Gasteiger partial charge in [0, 0.05) is 19.4 Å². The van der Waals surface area contributed by atoms with Gasteiger partial charge in [-0.3, -0.25) is 18.6 Å². The zero-order valence-corrected chi connectivity index (χ0v) is 52.0. The van der Waals surface area contributed by atoms with Crippen LogP contribution in [-0.4, -0.2) is 49.3 Å². The van der Waals surface area contributed by atoms with E-state index in [1.54, 1.807) is 0 Å². The van der Waals surface area contributed by atoms with Crippen LogP contribution < -0.4 is 5.73 Å². The average Bonchev–Trinajstić information content (AvgIpc) is 3.44. The number of carbonyl (C=O) groups excluding carboxylic acids is 2. The second kappa shape index (κ2) is 64.1. The van der Waals surface area contributed by atoms with Crippen LogP contribution in [0, 0.1) is 0 Å². The summed E-state index contributed by atoms with van der Waals surface area (Å²) in [5.41, 5.74) is 5.38. The molecule has 0 aliphatic rings. The van der Waals surface area contributed by atoms with Crippen molar-refractivity contribution in [3.63, 3.8) is 0 Å². The Morgan fingerprint density at radius 3 is 1.06 bits per heavy atom. The number of hydrogen-bond acceptors (Lipinski definition) is 8. The maximum absolute atomic E-state index is 12.7. The van der Waals surface area contributed by atoms with Gasteiger partial charge < -0.3 is 20.1 Å². The SMILES string of the molecule is CC/C=C\C/C=C\C/C=C\C/C=C\C/C=C\C/C=C\CCCCC(=O)OC(COC(=O)CCCCCCCCCCCCCCCCCCCCCCCCCCC/C=C\C/C=C\CCCCCCC)COP(=O)(O)OCCN. The lowest BCUT2D eigenvalue weighted by Crippen LogP contribution is -2.29. The fourth-order valence-corrected chi connectivity index (χ4v) is 9.91. The number of phosphoric acid groups is 1. The van der Waals surface area contributed by atoms with Gasteiger partial charge in [-0.15, -0.1) is 0 Å². The summed E-state index contributed by atoms with van der Waals surface area (Å²) in [6.07, 6.45) is 86.5. The van der Waals surface area contributed by atoms with Crippen molar-refractivity contribution >= 4 is 19.8 Å². The summed E-state index contributed by atoms with van der Waals surface area (Å²) in [5, 5.41) is 0. The van der Waals surface area contributed by atoms with Crippen LogP contribution >= 0.6 is 7.82 Å². The standard InChI is InChI=1S/C69H122NO8P/c1-3-5-7-9-11-13-15-17-19-21-23-25-26-27-28-29-30-31-32-33-34-35-36-37-38-39-40-42-43-45-47-49-51-53-55-57-59-61-68(71)75-65-67(66-77-79(73,74)76-64-63-70)78-69(72)62-60-58-56-54-52-50-48-46-44-41-24-22-20-18-16-14-12-10-8-6-4-2/h6,8,12,14-15,17-18,20-21,23-24,41,46,48,52,54,67H,3-5,7,9-11,13,16,19,22,25-40,42-45,47,49-51,53,55-66,70H2,1-2H3,(H,73,74)/b8-6-,14-12-,17-15-,20-18-,23-21-,41-24-,48-46-,54-52-. The van der Waals surface area contributed by atoms with Gasteiger partial charge >= 0.3 is 19.8 Å². The summed E-state index contributed by atoms with van der Waals surface area (Å²) >= 11 is 0. The minimum absolute atomic E-state index is 0.0427. The molecule has 0 fully saturated rings. The first-order chi connectivity index (χ1) is 38.8. The highest BCUT2D eigenvalue weighted by Gasteiger charge is 2.26. The molecule has 0 aliphatic carbocycles. The third-order valence-corrected chi connectivity index (χ3v) is 14.9. The van der Waals surface area contributed by atoms with Crippen LogP contribution in [-0.2, 0) is 32.7 Å². The van der Waals surface area contributed by atoms with E-state index in [0.717, 1.165) is 77.0 Å². The van der Waals surface area contributed by atoms with Crippen molar-refractivity contribution < 1.29 is 37.6 Å². The van der Waals surface area contributed by atoms with Crippen molar-refractivity contribution in [2.24, 2.45) is 5.73 Å². The molecule has 79 heavy (non-hydrogen) atoms. The molecule has 0 radical (unpaired) electrons. The molecule has 456 valence electrons. The smallest absolute Gasteiger partial charge is 0.462 e. The van der Waals surface area contributed by atoms with E-state index in [1.165, 1.54) is 186 Å². The van der Waals surface area contributed by atoms with E-state index in [1.807, 2.05) is 0 Å². The largest absolute Gasteiger partial charge is 0.472 e. The summed E-state index contributed by atoms with van der Waals surface area (Å²) in [6.45, 7) is 3.59. The highest BCUT2D eigenvalue weighted by molar-refractivity contribution is 7.47. The molecule has 0 aromatic rings. The van der Waals surface area contributed by atoms with Gasteiger partial charge in [0.1, 0.15) is 6.61 Å². The van der Waals surface area contributed by atoms with Crippen molar-refractivity contribution in [2.45, 2.75) is 302 Å². The Morgan fingerprint density at radius 2 is 0.696 bits per heavy atom. The molecule has 0 bridgehead atoms. The normalized spacial score (nSPS) is 13.6. The predicted molar refractivity (Wildman–Crippen MR) is 339 cm³/mol. The van der Waals surface area contributed by atoms with Crippen LogP contribution in [0.3, 0.4) is 0 Å². The Morgan fingerprint density at radius 1 is 0.392 bits per heavy atom. The van der Waals surface area contributed by atoms with Crippen LogP contribution in [0.25, 0.3) is 0 Å². The van der Waals surface area contributed by atoms with Crippen molar-refractivity contribution in [1.82, 2.24) is 0 Å². The molecule has 3 N–H and O–H groups in total. The number of ether oxygens (including phenoxy) is 2. The van der Waals surface area contributed by atoms with Crippen molar-refractivity contribution in [3.05, 3.63) is 97.2 Å². The number of nitrogens with two attached hydrogens (primary N) is 1. The molecule has 0 spiro atoms. The van der Waals surface area contributed by atoms with Crippen molar-refractivity contribution in [3.8, 4) is 0 Å². The summed E-state index contributed by atoms with van der Waals surface area (Å²) in [6, 6.07) is 0. The van der Waals surface area contributed by atoms with E-state index < -0.39 is 32.5 Å². The molecule has 0 aromatic carbocycles. The van der Waals surface area contributed by atoms with Crippen LogP contribution in [0.1, 0.15) is 296 Å². The Labute approximate surface area is 486 Å². The van der Waals surface area contributed by atoms with E-state index in [9.17, 15) is 19.0 Å². The summed E-state index contributed by atoms with van der Waals surface area (Å²) < 4.78 is 33.0. The first-order valence-corrected chi connectivity index (χ1v) is 34.2. The lowest BCUT2D eigenvalue weighted by molar-refractivity contribution is -0.161. The van der Waals surface area contributed by atoms with Gasteiger partial charge in [0.2, 0.25) is 0 Å². The van der Waals surface area contributed by atoms with E-state index in [-0.39, 0.29) is 32.6 Å². The summed E-state index contributed by atoms with van der Waals surface area (Å²) in [5.74, 6) is -0.874. The highest BCUT2D eigenvalue weighted by Crippen LogP contribution is 2.43. The molecule has 0 saturated carbocycles. The fraction of sp³-hybridized carbons (Fsp3) is 0.739. The maximum atomic E-state index is 12.7. The van der Waals surface area contributed by atoms with Gasteiger partial charge in [0.05, 0.1) is 13.2 Å². The number of hydrogen-bond donors (Lipinski definition) is 2. The van der Waals surface area contributed by atoms with Crippen LogP contribution in [0.5, 0.6) is 0 Å². The van der Waals surface area contributed by atoms with Crippen molar-refractivity contribution in [1.29, 1.82) is 0 Å². The van der Waals surface area contributed by atoms with Gasteiger partial charge in [-0.2, -0.15) is 0 Å². The number of esters is 2. The Kier molecular flexibility index (Phi) is 61.6. The lowest BCUT2D eigenvalue weighted by atomic mass is 10.0. The molecule has 0 heterocycles. The van der Waals surface area contributed by atoms with E-state index in [4.69, 9.17) is 24.3 Å². The average molecular weight is 1120 g/mol. The zero-order chi connectivity index (χ0) is 57.3. The molecular formula is C69H122NO8P. The fourth-order valence-electron chi connectivity index (χ4n) is 9.14. The first-order valence-electron chi connectivity index (χ1n) is 32.7. The number of unbranched alkanes of at least 4 members (excludes halogenated alkanes) is 32. The second-order valence-corrected chi connectivity index (χ2v) is 23.1. The third kappa shape index (κ3) is 64.0. The second-order valence-electron chi connectivity index (χ2n) is 21.6. The molecule has 9 nitrogen and oxygen atoms in total. The summed E-state index contributed by atoms with van der Waals surface area (Å²) in [4.78, 5) is 35.2. The van der Waals surface area contributed by atoms with Gasteiger partial charge in [0.15, 0.2) is 6.10 Å². The number of phosphoric ester groups is 1. The predicted octanol–water partition coefficient (Wildman–Crippen LogP) is 21.2. The Balaban J connectivity index is 3.87. The van der Waals surface area contributed by atoms with Gasteiger partial charge in [0.25, 0.3) is 0 Å². The number of allylic oxidation sites excluding steroid dienone is 16. The monoisotopic (exact) mass is 1120 g/mol. The molecule has 10 heteroatoms. The Bertz CT molecular complexity index is 1610. The highest BCUT2D eigenvalue weighted by atomic mass is 31.2. The van der Waals surface area contributed by atoms with Gasteiger partial charge in [-0.05, 0) is 96.3 Å². The molecule has 0 rings (SSSR count). The number of rotatable bonds is 61. The van der Waals surface area contributed by atoms with E-state index in [2.05, 4.69) is 111 Å². The molecule has 2 unspecified atom stereocenters. The van der Waals surface area contributed by atoms with Crippen LogP contribution in [0.15, 0.2) is 97.2 Å². The van der Waals surface area contributed by atoms with Crippen LogP contribution in [0.2, 0.25) is 0 Å². The number of carbonyl (C=O) groups is 2. The van der Waals surface area contributed by atoms with Gasteiger partial charge in [-0.1, -0.05) is 284 Å². The quantitative estimate of drug-likeness (QED) is 0.0264. The summed E-state index contributed by atoms with van der Waals surface area (Å²) in [7, 11) is -4.41. The molecular weight excluding hydrogens is 1000 g/mol. The molecule has 0 aromatic heterocycles. The third-order valence-electron chi connectivity index (χ3n) is 14.0. The topological polar surface area (TPSA) is 134 Å². The maximum Gasteiger partial charge on any atom is 0.472 e. The van der Waals surface area contributed by atoms with E-state index >= 15 is 0 Å². The lowest BCUT2D eigenvalue weighted by Gasteiger charge is -2.19. The zero-order valence-electron chi connectivity index (χ0n) is 51.1. The minimum atomic E-state index is -4.41. The Hall–Kier alpha value is -3.07. The molecule has 0 saturated heterocycles. The molecule has 0 amide bonds. The van der Waals surface area contributed by atoms with Crippen molar-refractivity contribution in [2.75, 3.05) is 26.4 Å². The first kappa shape index (κ1) is 75.9. The van der Waals surface area contributed by atoms with Crippen LogP contribution in [0.4, 0.5) is 0 Å².